The second kappa shape index (κ2) is 4.29. The minimum Gasteiger partial charge on any atom is -0.506 e. The van der Waals surface area contributed by atoms with Gasteiger partial charge in [-0.3, -0.25) is 0 Å². The molecule has 2 nitrogen and oxygen atoms in total. The van der Waals surface area contributed by atoms with Crippen molar-refractivity contribution in [2.24, 2.45) is 5.73 Å². The summed E-state index contributed by atoms with van der Waals surface area (Å²) >= 11 is 3.54. The van der Waals surface area contributed by atoms with Gasteiger partial charge in [0.05, 0.1) is 4.47 Å². The first-order valence-corrected chi connectivity index (χ1v) is 6.95. The second-order valence-corrected chi connectivity index (χ2v) is 6.34. The largest absolute Gasteiger partial charge is 0.506 e. The fourth-order valence-corrected chi connectivity index (χ4v) is 3.57. The van der Waals surface area contributed by atoms with E-state index in [-0.39, 0.29) is 0 Å². The van der Waals surface area contributed by atoms with Gasteiger partial charge < -0.3 is 10.8 Å². The average Bonchev–Trinajstić information content (AvgIpc) is 2.24. The molecule has 0 amide bonds. The number of phenolic OH excluding ortho intramolecular Hbond substituents is 1. The molecule has 17 heavy (non-hydrogen) atoms. The zero-order valence-corrected chi connectivity index (χ0v) is 12.3. The first kappa shape index (κ1) is 12.9. The summed E-state index contributed by atoms with van der Waals surface area (Å²) in [5.74, 6) is 0.329. The SMILES string of the molecule is Cc1c2c(c(Br)c(O)c1C(C)(C)N)CCCC2. The molecule has 3 N–H and O–H groups in total. The first-order chi connectivity index (χ1) is 7.84. The van der Waals surface area contributed by atoms with Crippen LogP contribution in [0.1, 0.15) is 48.9 Å². The predicted octanol–water partition coefficient (Wildman–Crippen LogP) is 3.54. The van der Waals surface area contributed by atoms with Gasteiger partial charge in [-0.25, -0.2) is 0 Å². The zero-order valence-electron chi connectivity index (χ0n) is 10.7. The lowest BCUT2D eigenvalue weighted by molar-refractivity contribution is 0.432. The Bertz CT molecular complexity index is 461. The number of benzene rings is 1. The molecular formula is C14H20BrNO. The number of fused-ring (bicyclic) bond motifs is 1. The summed E-state index contributed by atoms with van der Waals surface area (Å²) in [6.07, 6.45) is 4.59. The van der Waals surface area contributed by atoms with E-state index in [1.54, 1.807) is 0 Å². The van der Waals surface area contributed by atoms with E-state index in [9.17, 15) is 5.11 Å². The van der Waals surface area contributed by atoms with Crippen molar-refractivity contribution in [1.29, 1.82) is 0 Å². The predicted molar refractivity (Wildman–Crippen MR) is 74.4 cm³/mol. The van der Waals surface area contributed by atoms with Crippen molar-refractivity contribution in [3.63, 3.8) is 0 Å². The van der Waals surface area contributed by atoms with E-state index in [2.05, 4.69) is 22.9 Å². The molecule has 0 radical (unpaired) electrons. The molecule has 0 bridgehead atoms. The van der Waals surface area contributed by atoms with Crippen LogP contribution in [-0.2, 0) is 18.4 Å². The van der Waals surface area contributed by atoms with Gasteiger partial charge in [-0.2, -0.15) is 0 Å². The molecule has 1 aliphatic carbocycles. The Morgan fingerprint density at radius 1 is 1.18 bits per heavy atom. The standard InChI is InChI=1S/C14H20BrNO/c1-8-9-6-4-5-7-10(9)12(15)13(17)11(8)14(2,3)16/h17H,4-7,16H2,1-3H3. The summed E-state index contributed by atoms with van der Waals surface area (Å²) < 4.78 is 0.853. The number of hydrogen-bond acceptors (Lipinski definition) is 2. The van der Waals surface area contributed by atoms with Gasteiger partial charge in [0.2, 0.25) is 0 Å². The lowest BCUT2D eigenvalue weighted by Gasteiger charge is -2.29. The van der Waals surface area contributed by atoms with Crippen LogP contribution in [0.5, 0.6) is 5.75 Å². The number of nitrogens with two attached hydrogens (primary N) is 1. The van der Waals surface area contributed by atoms with E-state index in [0.29, 0.717) is 5.75 Å². The van der Waals surface area contributed by atoms with E-state index in [4.69, 9.17) is 5.73 Å². The Balaban J connectivity index is 2.75. The fraction of sp³-hybridized carbons (Fsp3) is 0.571. The molecule has 1 aromatic rings. The molecular weight excluding hydrogens is 278 g/mol. The maximum atomic E-state index is 10.3. The zero-order chi connectivity index (χ0) is 12.8. The highest BCUT2D eigenvalue weighted by Gasteiger charge is 2.28. The van der Waals surface area contributed by atoms with E-state index in [0.717, 1.165) is 22.9 Å². The van der Waals surface area contributed by atoms with Crippen LogP contribution in [0.2, 0.25) is 0 Å². The van der Waals surface area contributed by atoms with Crippen molar-refractivity contribution >= 4 is 15.9 Å². The van der Waals surface area contributed by atoms with Crippen molar-refractivity contribution in [3.05, 3.63) is 26.7 Å². The maximum absolute atomic E-state index is 10.3. The quantitative estimate of drug-likeness (QED) is 0.833. The van der Waals surface area contributed by atoms with E-state index in [1.165, 1.54) is 29.5 Å². The average molecular weight is 298 g/mol. The Hall–Kier alpha value is -0.540. The van der Waals surface area contributed by atoms with Gasteiger partial charge in [0.1, 0.15) is 5.75 Å². The number of halogens is 1. The molecule has 94 valence electrons. The highest BCUT2D eigenvalue weighted by atomic mass is 79.9. The summed E-state index contributed by atoms with van der Waals surface area (Å²) in [6, 6.07) is 0. The normalized spacial score (nSPS) is 15.8. The van der Waals surface area contributed by atoms with E-state index in [1.807, 2.05) is 13.8 Å². The molecule has 0 unspecified atom stereocenters. The molecule has 3 heteroatoms. The first-order valence-electron chi connectivity index (χ1n) is 6.16. The van der Waals surface area contributed by atoms with Crippen molar-refractivity contribution in [3.8, 4) is 5.75 Å². The third-order valence-electron chi connectivity index (χ3n) is 3.65. The second-order valence-electron chi connectivity index (χ2n) is 5.55. The molecule has 0 atom stereocenters. The summed E-state index contributed by atoms with van der Waals surface area (Å²) in [7, 11) is 0. The van der Waals surface area contributed by atoms with Crippen LogP contribution in [0, 0.1) is 6.92 Å². The minimum atomic E-state index is -0.511. The Morgan fingerprint density at radius 2 is 1.71 bits per heavy atom. The number of rotatable bonds is 1. The Kier molecular flexibility index (Phi) is 3.25. The molecule has 0 spiro atoms. The molecule has 0 fully saturated rings. The van der Waals surface area contributed by atoms with Gasteiger partial charge in [0, 0.05) is 11.1 Å². The van der Waals surface area contributed by atoms with Crippen LogP contribution in [0.25, 0.3) is 0 Å². The number of hydrogen-bond donors (Lipinski definition) is 2. The van der Waals surface area contributed by atoms with Gasteiger partial charge >= 0.3 is 0 Å². The van der Waals surface area contributed by atoms with Gasteiger partial charge in [0.25, 0.3) is 0 Å². The topological polar surface area (TPSA) is 46.2 Å². The maximum Gasteiger partial charge on any atom is 0.135 e. The van der Waals surface area contributed by atoms with Gasteiger partial charge in [-0.1, -0.05) is 0 Å². The van der Waals surface area contributed by atoms with Crippen LogP contribution < -0.4 is 5.73 Å². The molecule has 0 aromatic heterocycles. The summed E-state index contributed by atoms with van der Waals surface area (Å²) in [4.78, 5) is 0. The third kappa shape index (κ3) is 2.11. The number of phenols is 1. The summed E-state index contributed by atoms with van der Waals surface area (Å²) in [5.41, 5.74) is 10.4. The van der Waals surface area contributed by atoms with Crippen molar-refractivity contribution in [2.75, 3.05) is 0 Å². The van der Waals surface area contributed by atoms with Crippen LogP contribution in [0.4, 0.5) is 0 Å². The molecule has 2 rings (SSSR count). The van der Waals surface area contributed by atoms with Crippen LogP contribution in [0.3, 0.4) is 0 Å². The van der Waals surface area contributed by atoms with Gasteiger partial charge in [0.15, 0.2) is 0 Å². The molecule has 1 aliphatic rings. The fourth-order valence-electron chi connectivity index (χ4n) is 2.93. The molecule has 0 heterocycles. The summed E-state index contributed by atoms with van der Waals surface area (Å²) in [5, 5.41) is 10.3. The highest BCUT2D eigenvalue weighted by Crippen LogP contribution is 2.43. The number of aromatic hydroxyl groups is 1. The van der Waals surface area contributed by atoms with Crippen LogP contribution in [0.15, 0.2) is 4.47 Å². The van der Waals surface area contributed by atoms with Gasteiger partial charge in [-0.05, 0) is 79.1 Å². The smallest absolute Gasteiger partial charge is 0.135 e. The third-order valence-corrected chi connectivity index (χ3v) is 4.50. The monoisotopic (exact) mass is 297 g/mol. The van der Waals surface area contributed by atoms with Crippen molar-refractivity contribution < 1.29 is 5.11 Å². The van der Waals surface area contributed by atoms with Crippen LogP contribution >= 0.6 is 15.9 Å². The van der Waals surface area contributed by atoms with E-state index < -0.39 is 5.54 Å². The molecule has 1 aromatic carbocycles. The Labute approximate surface area is 111 Å². The lowest BCUT2D eigenvalue weighted by Crippen LogP contribution is -2.30. The molecule has 0 aliphatic heterocycles. The lowest BCUT2D eigenvalue weighted by atomic mass is 9.81. The highest BCUT2D eigenvalue weighted by molar-refractivity contribution is 9.10. The Morgan fingerprint density at radius 3 is 2.24 bits per heavy atom. The van der Waals surface area contributed by atoms with E-state index >= 15 is 0 Å². The molecule has 0 saturated carbocycles. The minimum absolute atomic E-state index is 0.329. The van der Waals surface area contributed by atoms with Crippen molar-refractivity contribution in [1.82, 2.24) is 0 Å². The van der Waals surface area contributed by atoms with Crippen LogP contribution in [-0.4, -0.2) is 5.11 Å². The summed E-state index contributed by atoms with van der Waals surface area (Å²) in [6.45, 7) is 5.97. The molecule has 0 saturated heterocycles. The van der Waals surface area contributed by atoms with Gasteiger partial charge in [-0.15, -0.1) is 0 Å². The van der Waals surface area contributed by atoms with Crippen molar-refractivity contribution in [2.45, 2.75) is 52.0 Å².